The van der Waals surface area contributed by atoms with Gasteiger partial charge in [-0.25, -0.2) is 0 Å². The van der Waals surface area contributed by atoms with E-state index >= 15 is 0 Å². The maximum absolute atomic E-state index is 8.89. The molecule has 9 nitrogen and oxygen atoms in total. The van der Waals surface area contributed by atoms with Crippen LogP contribution in [-0.2, 0) is 19.3 Å². The molecular formula is C9H21NO8. The summed E-state index contributed by atoms with van der Waals surface area (Å²) in [6.07, 6.45) is 0. The molecule has 0 unspecified atom stereocenters. The number of carbonyl (C=O) groups is 1. The minimum Gasteiger partial charge on any atom is -0.550 e. The van der Waals surface area contributed by atoms with Crippen LogP contribution in [0.25, 0.3) is 0 Å². The van der Waals surface area contributed by atoms with Gasteiger partial charge in [-0.05, 0) is 6.92 Å². The van der Waals surface area contributed by atoms with Crippen LogP contribution in [0.3, 0.4) is 0 Å². The Labute approximate surface area is 105 Å². The zero-order chi connectivity index (χ0) is 14.4. The second kappa shape index (κ2) is 12.6. The fraction of sp³-hybridized carbons (Fsp3) is 0.889. The Balaban J connectivity index is 0. The molecule has 0 aromatic rings. The number of carboxylic acids is 1. The van der Waals surface area contributed by atoms with Gasteiger partial charge in [-0.15, -0.1) is 14.5 Å². The molecule has 0 rings (SSSR count). The molecule has 0 bridgehead atoms. The molecular weight excluding hydrogens is 250 g/mol. The van der Waals surface area contributed by atoms with Crippen LogP contribution in [-0.4, -0.2) is 73.0 Å². The molecule has 0 heterocycles. The highest BCUT2D eigenvalue weighted by Crippen LogP contribution is 2.06. The van der Waals surface area contributed by atoms with Crippen molar-refractivity contribution in [1.82, 2.24) is 0 Å². The third-order valence-corrected chi connectivity index (χ3v) is 1.25. The van der Waals surface area contributed by atoms with E-state index < -0.39 is 10.9 Å². The average molecular weight is 271 g/mol. The predicted octanol–water partition coefficient (Wildman–Crippen LogP) is -3.04. The van der Waals surface area contributed by atoms with E-state index in [2.05, 4.69) is 0 Å². The van der Waals surface area contributed by atoms with Crippen LogP contribution < -0.4 is 5.11 Å². The number of hydroxylamine groups is 3. The lowest BCUT2D eigenvalue weighted by molar-refractivity contribution is -1.36. The van der Waals surface area contributed by atoms with Gasteiger partial charge in [0.25, 0.3) is 0 Å². The molecule has 0 atom stereocenters. The lowest BCUT2D eigenvalue weighted by Gasteiger charge is -2.24. The van der Waals surface area contributed by atoms with E-state index in [1.165, 1.54) is 7.05 Å². The Morgan fingerprint density at radius 3 is 1.39 bits per heavy atom. The second-order valence-electron chi connectivity index (χ2n) is 2.93. The maximum atomic E-state index is 8.89. The van der Waals surface area contributed by atoms with Crippen molar-refractivity contribution < 1.29 is 44.7 Å². The number of carbonyl (C=O) groups excluding carboxylic acids is 1. The van der Waals surface area contributed by atoms with Gasteiger partial charge in [0, 0.05) is 5.97 Å². The molecule has 0 aliphatic carbocycles. The van der Waals surface area contributed by atoms with Gasteiger partial charge in [-0.1, -0.05) is 0 Å². The molecule has 0 fully saturated rings. The molecule has 9 heteroatoms. The lowest BCUT2D eigenvalue weighted by atomic mass is 10.8. The van der Waals surface area contributed by atoms with Crippen molar-refractivity contribution in [3.63, 3.8) is 0 Å². The van der Waals surface area contributed by atoms with Crippen LogP contribution >= 0.6 is 0 Å². The van der Waals surface area contributed by atoms with Crippen LogP contribution in [0.2, 0.25) is 0 Å². The van der Waals surface area contributed by atoms with Crippen LogP contribution in [0.4, 0.5) is 0 Å². The number of hydrogen-bond acceptors (Lipinski definition) is 8. The molecule has 0 aliphatic heterocycles. The summed E-state index contributed by atoms with van der Waals surface area (Å²) in [5, 5.41) is 34.5. The Morgan fingerprint density at radius 2 is 1.22 bits per heavy atom. The first-order valence-corrected chi connectivity index (χ1v) is 5.22. The molecule has 0 radical (unpaired) electrons. The molecule has 0 spiro atoms. The van der Waals surface area contributed by atoms with E-state index in [4.69, 9.17) is 39.7 Å². The van der Waals surface area contributed by atoms with Crippen LogP contribution in [0.15, 0.2) is 0 Å². The van der Waals surface area contributed by atoms with Gasteiger partial charge in [0.05, 0.1) is 24.8 Å². The molecule has 0 aromatic carbocycles. The summed E-state index contributed by atoms with van der Waals surface area (Å²) in [7, 11) is 1.45. The summed E-state index contributed by atoms with van der Waals surface area (Å²) in [5.74, 6) is -1.08. The van der Waals surface area contributed by atoms with E-state index in [0.717, 1.165) is 6.92 Å². The van der Waals surface area contributed by atoms with E-state index in [9.17, 15) is 0 Å². The third kappa shape index (κ3) is 15.2. The highest BCUT2D eigenvalue weighted by molar-refractivity contribution is 5.60. The van der Waals surface area contributed by atoms with Crippen molar-refractivity contribution >= 4 is 5.97 Å². The summed E-state index contributed by atoms with van der Waals surface area (Å²) in [6, 6.07) is 0. The summed E-state index contributed by atoms with van der Waals surface area (Å²) >= 11 is 0. The Kier molecular flexibility index (Phi) is 13.7. The molecule has 0 saturated heterocycles. The highest BCUT2D eigenvalue weighted by Gasteiger charge is 2.27. The van der Waals surface area contributed by atoms with Crippen LogP contribution in [0, 0.1) is 0 Å². The summed E-state index contributed by atoms with van der Waals surface area (Å²) in [5.41, 5.74) is 0. The maximum Gasteiger partial charge on any atom is 0.168 e. The number of hydrogen-bond donors (Lipinski definition) is 3. The van der Waals surface area contributed by atoms with Gasteiger partial charge in [-0.2, -0.15) is 0 Å². The highest BCUT2D eigenvalue weighted by atomic mass is 17.2. The van der Waals surface area contributed by atoms with Gasteiger partial charge >= 0.3 is 0 Å². The van der Waals surface area contributed by atoms with Gasteiger partial charge in [0.2, 0.25) is 0 Å². The van der Waals surface area contributed by atoms with Gasteiger partial charge in [0.15, 0.2) is 7.05 Å². The summed E-state index contributed by atoms with van der Waals surface area (Å²) in [6.45, 7) is 0.574. The average Bonchev–Trinajstić information content (AvgIpc) is 2.31. The monoisotopic (exact) mass is 271 g/mol. The molecule has 110 valence electrons. The first-order chi connectivity index (χ1) is 8.41. The standard InChI is InChI=1S/C7H18NO6.C2H4O2/c1-8(12-5-2-9,13-6-3-10)14-7-4-11;1-2(3)4/h9-11H,2-7H2,1H3;1H3,(H,3,4)/q+1;/p-1. The number of aliphatic hydroxyl groups excluding tert-OH is 3. The first-order valence-electron chi connectivity index (χ1n) is 5.22. The van der Waals surface area contributed by atoms with E-state index in [0.29, 0.717) is 0 Å². The quantitative estimate of drug-likeness (QED) is 0.298. The Bertz CT molecular complexity index is 175. The van der Waals surface area contributed by atoms with Crippen molar-refractivity contribution in [1.29, 1.82) is 0 Å². The number of carboxylic acid groups (broad SMARTS) is 1. The Hall–Kier alpha value is -0.810. The number of quaternary nitrogens is 1. The molecule has 3 N–H and O–H groups in total. The number of nitrogens with zero attached hydrogens (tertiary/aromatic N) is 1. The normalized spacial score (nSPS) is 10.7. The molecule has 0 amide bonds. The van der Waals surface area contributed by atoms with Crippen molar-refractivity contribution in [2.75, 3.05) is 46.7 Å². The van der Waals surface area contributed by atoms with Crippen molar-refractivity contribution in [3.05, 3.63) is 0 Å². The van der Waals surface area contributed by atoms with Gasteiger partial charge in [0.1, 0.15) is 19.8 Å². The second-order valence-corrected chi connectivity index (χ2v) is 2.93. The van der Waals surface area contributed by atoms with Crippen LogP contribution in [0.5, 0.6) is 0 Å². The Morgan fingerprint density at radius 1 is 1.00 bits per heavy atom. The molecule has 18 heavy (non-hydrogen) atoms. The minimum absolute atomic E-state index is 0.0351. The van der Waals surface area contributed by atoms with Crippen LogP contribution in [0.1, 0.15) is 6.92 Å². The summed E-state index contributed by atoms with van der Waals surface area (Å²) < 4.78 is 0. The smallest absolute Gasteiger partial charge is 0.168 e. The van der Waals surface area contributed by atoms with Gasteiger partial charge in [-0.3, -0.25) is 0 Å². The van der Waals surface area contributed by atoms with E-state index in [1.54, 1.807) is 0 Å². The van der Waals surface area contributed by atoms with Crippen molar-refractivity contribution in [2.24, 2.45) is 0 Å². The van der Waals surface area contributed by atoms with Gasteiger partial charge < -0.3 is 25.2 Å². The largest absolute Gasteiger partial charge is 0.550 e. The summed E-state index contributed by atoms with van der Waals surface area (Å²) in [4.78, 5) is 23.2. The molecule has 0 saturated carbocycles. The third-order valence-electron chi connectivity index (χ3n) is 1.25. The number of rotatable bonds is 9. The minimum atomic E-state index is -1.08. The topological polar surface area (TPSA) is 129 Å². The lowest BCUT2D eigenvalue weighted by Crippen LogP contribution is -2.45. The SMILES string of the molecule is CC(=O)[O-].C[N+](OCCO)(OCCO)OCCO. The zero-order valence-corrected chi connectivity index (χ0v) is 10.6. The van der Waals surface area contributed by atoms with Crippen molar-refractivity contribution in [3.8, 4) is 0 Å². The molecule has 0 aliphatic rings. The fourth-order valence-electron chi connectivity index (χ4n) is 0.732. The van der Waals surface area contributed by atoms with E-state index in [-0.39, 0.29) is 39.6 Å². The number of aliphatic hydroxyl groups is 3. The zero-order valence-electron chi connectivity index (χ0n) is 10.6. The molecule has 0 aromatic heterocycles. The van der Waals surface area contributed by atoms with Crippen molar-refractivity contribution in [2.45, 2.75) is 6.92 Å². The van der Waals surface area contributed by atoms with E-state index in [1.807, 2.05) is 0 Å². The predicted molar refractivity (Wildman–Crippen MR) is 56.0 cm³/mol. The first kappa shape index (κ1) is 19.5. The number of aliphatic carboxylic acids is 1. The fourth-order valence-corrected chi connectivity index (χ4v) is 0.732.